The van der Waals surface area contributed by atoms with Gasteiger partial charge >= 0.3 is 12.1 Å². The highest BCUT2D eigenvalue weighted by Crippen LogP contribution is 2.49. The third kappa shape index (κ3) is 5.46. The molecule has 6 nitrogen and oxygen atoms in total. The van der Waals surface area contributed by atoms with Crippen LogP contribution < -0.4 is 10.6 Å². The van der Waals surface area contributed by atoms with Crippen LogP contribution >= 0.6 is 0 Å². The molecule has 176 valence electrons. The van der Waals surface area contributed by atoms with Gasteiger partial charge in [0.15, 0.2) is 6.61 Å². The normalized spacial score (nSPS) is 22.6. The number of carbonyl (C=O) groups is 2. The van der Waals surface area contributed by atoms with Crippen molar-refractivity contribution in [3.8, 4) is 0 Å². The number of esters is 1. The molecule has 2 bridgehead atoms. The lowest BCUT2D eigenvalue weighted by Crippen LogP contribution is -2.42. The van der Waals surface area contributed by atoms with E-state index in [1.807, 2.05) is 6.92 Å². The third-order valence-electron chi connectivity index (χ3n) is 6.64. The molecule has 33 heavy (non-hydrogen) atoms. The van der Waals surface area contributed by atoms with Gasteiger partial charge in [-0.1, -0.05) is 12.5 Å². The molecule has 2 N–H and O–H groups in total. The number of alkyl halides is 3. The van der Waals surface area contributed by atoms with Gasteiger partial charge in [-0.15, -0.1) is 0 Å². The molecule has 1 aromatic heterocycles. The number of nitrogens with one attached hydrogen (secondary N) is 2. The summed E-state index contributed by atoms with van der Waals surface area (Å²) >= 11 is 0. The molecule has 1 aromatic carbocycles. The van der Waals surface area contributed by atoms with Crippen molar-refractivity contribution in [1.29, 1.82) is 0 Å². The molecule has 4 rings (SSSR count). The number of fused-ring (bicyclic) bond motifs is 2. The molecule has 0 spiro atoms. The number of nitrogens with zero attached hydrogens (tertiary/aromatic N) is 1. The number of ether oxygens (including phenoxy) is 1. The number of aromatic nitrogens is 1. The fourth-order valence-corrected chi connectivity index (χ4v) is 5.10. The summed E-state index contributed by atoms with van der Waals surface area (Å²) in [5, 5.41) is 5.66. The Kier molecular flexibility index (Phi) is 6.58. The Morgan fingerprint density at radius 2 is 2.00 bits per heavy atom. The first-order valence-corrected chi connectivity index (χ1v) is 11.1. The van der Waals surface area contributed by atoms with Crippen molar-refractivity contribution in [3.63, 3.8) is 0 Å². The molecule has 2 aliphatic carbocycles. The predicted molar refractivity (Wildman–Crippen MR) is 116 cm³/mol. The molecular formula is C24H26F3N3O3. The van der Waals surface area contributed by atoms with Gasteiger partial charge in [0.25, 0.3) is 5.91 Å². The minimum absolute atomic E-state index is 0.0167. The minimum Gasteiger partial charge on any atom is -0.452 e. The van der Waals surface area contributed by atoms with E-state index < -0.39 is 24.3 Å². The molecule has 1 amide bonds. The first-order chi connectivity index (χ1) is 15.7. The monoisotopic (exact) mass is 461 g/mol. The third-order valence-corrected chi connectivity index (χ3v) is 6.64. The van der Waals surface area contributed by atoms with Crippen molar-refractivity contribution in [1.82, 2.24) is 10.3 Å². The minimum atomic E-state index is -4.49. The van der Waals surface area contributed by atoms with Crippen LogP contribution in [0.15, 0.2) is 42.6 Å². The van der Waals surface area contributed by atoms with Crippen molar-refractivity contribution >= 4 is 23.4 Å². The quantitative estimate of drug-likeness (QED) is 0.571. The maximum atomic E-state index is 13.0. The molecule has 0 unspecified atom stereocenters. The van der Waals surface area contributed by atoms with Crippen LogP contribution in [0.2, 0.25) is 0 Å². The van der Waals surface area contributed by atoms with Crippen molar-refractivity contribution in [3.05, 3.63) is 53.7 Å². The molecule has 1 heterocycles. The van der Waals surface area contributed by atoms with Crippen LogP contribution in [0.4, 0.5) is 24.7 Å². The van der Waals surface area contributed by atoms with Gasteiger partial charge in [-0.25, -0.2) is 9.78 Å². The molecule has 0 radical (unpaired) electrons. The van der Waals surface area contributed by atoms with Gasteiger partial charge in [0.05, 0.1) is 5.56 Å². The molecule has 2 aliphatic rings. The van der Waals surface area contributed by atoms with Gasteiger partial charge in [-0.05, 0) is 74.3 Å². The fourth-order valence-electron chi connectivity index (χ4n) is 5.10. The second-order valence-corrected chi connectivity index (χ2v) is 8.87. The molecule has 2 saturated carbocycles. The van der Waals surface area contributed by atoms with Crippen LogP contribution in [0.5, 0.6) is 0 Å². The highest BCUT2D eigenvalue weighted by atomic mass is 19.4. The van der Waals surface area contributed by atoms with E-state index in [0.717, 1.165) is 24.5 Å². The Labute approximate surface area is 189 Å². The lowest BCUT2D eigenvalue weighted by atomic mass is 9.84. The number of amides is 1. The van der Waals surface area contributed by atoms with Crippen LogP contribution in [0.3, 0.4) is 0 Å². The Bertz CT molecular complexity index is 1030. The molecular weight excluding hydrogens is 435 g/mol. The summed E-state index contributed by atoms with van der Waals surface area (Å²) in [6.07, 6.45) is 1.77. The highest BCUT2D eigenvalue weighted by molar-refractivity contribution is 5.96. The van der Waals surface area contributed by atoms with Gasteiger partial charge in [-0.2, -0.15) is 13.2 Å². The maximum absolute atomic E-state index is 13.0. The number of benzene rings is 1. The summed E-state index contributed by atoms with van der Waals surface area (Å²) in [5.74, 6) is 0.760. The summed E-state index contributed by atoms with van der Waals surface area (Å²) in [7, 11) is 0. The molecule has 0 saturated heterocycles. The Morgan fingerprint density at radius 3 is 2.70 bits per heavy atom. The average Bonchev–Trinajstić information content (AvgIpc) is 3.41. The van der Waals surface area contributed by atoms with Crippen molar-refractivity contribution in [2.45, 2.75) is 44.8 Å². The van der Waals surface area contributed by atoms with Crippen molar-refractivity contribution < 1.29 is 27.5 Å². The van der Waals surface area contributed by atoms with Crippen LogP contribution in [-0.2, 0) is 15.7 Å². The number of rotatable bonds is 7. The van der Waals surface area contributed by atoms with E-state index in [4.69, 9.17) is 4.74 Å². The Hall–Kier alpha value is -3.10. The van der Waals surface area contributed by atoms with E-state index in [9.17, 15) is 22.8 Å². The average molecular weight is 461 g/mol. The summed E-state index contributed by atoms with van der Waals surface area (Å²) < 4.78 is 44.1. The standard InChI is InChI=1S/C24H26F3N3O3/c1-14(20-11-15-7-8-16(20)10-15)29-21(31)13-33-23(32)19-6-3-9-28-22(19)30-18-5-2-4-17(12-18)24(25,26)27/h2-6,9,12,14-16,20H,7-8,10-11,13H2,1H3,(H,28,30)(H,29,31)/t14-,15+,16+,20-/m1/s1. The zero-order valence-electron chi connectivity index (χ0n) is 18.2. The van der Waals surface area contributed by atoms with Crippen LogP contribution in [0, 0.1) is 17.8 Å². The summed E-state index contributed by atoms with van der Waals surface area (Å²) in [5.41, 5.74) is -0.687. The lowest BCUT2D eigenvalue weighted by Gasteiger charge is -2.28. The lowest BCUT2D eigenvalue weighted by molar-refractivity contribution is -0.137. The van der Waals surface area contributed by atoms with Crippen LogP contribution in [-0.4, -0.2) is 29.5 Å². The van der Waals surface area contributed by atoms with Crippen LogP contribution in [0.25, 0.3) is 0 Å². The van der Waals surface area contributed by atoms with Gasteiger partial charge in [0.1, 0.15) is 11.4 Å². The maximum Gasteiger partial charge on any atom is 0.416 e. The summed E-state index contributed by atoms with van der Waals surface area (Å²) in [4.78, 5) is 28.9. The van der Waals surface area contributed by atoms with E-state index in [1.54, 1.807) is 0 Å². The number of halogens is 3. The van der Waals surface area contributed by atoms with E-state index in [2.05, 4.69) is 15.6 Å². The van der Waals surface area contributed by atoms with Gasteiger partial charge in [0.2, 0.25) is 0 Å². The van der Waals surface area contributed by atoms with E-state index >= 15 is 0 Å². The van der Waals surface area contributed by atoms with Crippen molar-refractivity contribution in [2.24, 2.45) is 17.8 Å². The largest absolute Gasteiger partial charge is 0.452 e. The topological polar surface area (TPSA) is 80.3 Å². The molecule has 4 atom stereocenters. The molecule has 2 aromatic rings. The first-order valence-electron chi connectivity index (χ1n) is 11.1. The predicted octanol–water partition coefficient (Wildman–Crippen LogP) is 4.94. The second kappa shape index (κ2) is 9.41. The molecule has 0 aliphatic heterocycles. The van der Waals surface area contributed by atoms with Crippen molar-refractivity contribution in [2.75, 3.05) is 11.9 Å². The SMILES string of the molecule is C[C@@H](NC(=O)COC(=O)c1cccnc1Nc1cccc(C(F)(F)F)c1)[C@H]1C[C@H]2CC[C@H]1C2. The molecule has 2 fully saturated rings. The highest BCUT2D eigenvalue weighted by Gasteiger charge is 2.42. The zero-order chi connectivity index (χ0) is 23.6. The number of hydrogen-bond acceptors (Lipinski definition) is 5. The number of anilines is 2. The summed E-state index contributed by atoms with van der Waals surface area (Å²) in [6, 6.07) is 7.52. The number of hydrogen-bond donors (Lipinski definition) is 2. The Morgan fingerprint density at radius 1 is 1.18 bits per heavy atom. The molecule has 9 heteroatoms. The summed E-state index contributed by atoms with van der Waals surface area (Å²) in [6.45, 7) is 1.55. The van der Waals surface area contributed by atoms with Crippen LogP contribution in [0.1, 0.15) is 48.5 Å². The second-order valence-electron chi connectivity index (χ2n) is 8.87. The van der Waals surface area contributed by atoms with E-state index in [-0.39, 0.29) is 29.0 Å². The first kappa shape index (κ1) is 23.1. The smallest absolute Gasteiger partial charge is 0.416 e. The van der Waals surface area contributed by atoms with E-state index in [1.165, 1.54) is 49.7 Å². The van der Waals surface area contributed by atoms with E-state index in [0.29, 0.717) is 11.8 Å². The number of pyridine rings is 1. The van der Waals surface area contributed by atoms with Gasteiger partial charge in [0, 0.05) is 17.9 Å². The number of carbonyl (C=O) groups excluding carboxylic acids is 2. The Balaban J connectivity index is 1.35. The zero-order valence-corrected chi connectivity index (χ0v) is 18.2. The van der Waals surface area contributed by atoms with Gasteiger partial charge < -0.3 is 15.4 Å². The fraction of sp³-hybridized carbons (Fsp3) is 0.458. The van der Waals surface area contributed by atoms with Gasteiger partial charge in [-0.3, -0.25) is 4.79 Å².